The third kappa shape index (κ3) is 5.01. The van der Waals surface area contributed by atoms with Crippen LogP contribution in [-0.4, -0.2) is 54.6 Å². The molecule has 1 fully saturated rings. The van der Waals surface area contributed by atoms with E-state index in [-0.39, 0.29) is 29.6 Å². The number of amides is 1. The fourth-order valence-corrected chi connectivity index (χ4v) is 5.13. The average molecular weight is 482 g/mol. The Morgan fingerprint density at radius 3 is 2.41 bits per heavy atom. The van der Waals surface area contributed by atoms with Gasteiger partial charge >= 0.3 is 0 Å². The van der Waals surface area contributed by atoms with Gasteiger partial charge in [0.15, 0.2) is 0 Å². The first-order valence-electron chi connectivity index (χ1n) is 9.05. The number of rotatable bonds is 6. The Kier molecular flexibility index (Phi) is 6.66. The van der Waals surface area contributed by atoms with Crippen molar-refractivity contribution in [3.8, 4) is 0 Å². The van der Waals surface area contributed by atoms with Crippen molar-refractivity contribution in [3.63, 3.8) is 0 Å². The zero-order valence-corrected chi connectivity index (χ0v) is 17.9. The van der Waals surface area contributed by atoms with Crippen LogP contribution in [0.3, 0.4) is 0 Å². The smallest absolute Gasteiger partial charge is 0.270 e. The fraction of sp³-hybridized carbons (Fsp3) is 0.316. The average Bonchev–Trinajstić information content (AvgIpc) is 2.73. The summed E-state index contributed by atoms with van der Waals surface area (Å²) in [5, 5.41) is 10.9. The first-order chi connectivity index (χ1) is 13.8. The minimum Gasteiger partial charge on any atom is -0.340 e. The number of benzene rings is 2. The van der Waals surface area contributed by atoms with Crippen LogP contribution in [0.25, 0.3) is 0 Å². The van der Waals surface area contributed by atoms with Crippen LogP contribution < -0.4 is 0 Å². The molecule has 0 aliphatic carbocycles. The van der Waals surface area contributed by atoms with E-state index >= 15 is 0 Å². The molecule has 0 aromatic heterocycles. The van der Waals surface area contributed by atoms with E-state index in [9.17, 15) is 23.3 Å². The summed E-state index contributed by atoms with van der Waals surface area (Å²) in [6.45, 7) is 0.906. The molecule has 1 heterocycles. The summed E-state index contributed by atoms with van der Waals surface area (Å²) in [6.07, 6.45) is 0.951. The number of piperazine rings is 1. The van der Waals surface area contributed by atoms with Gasteiger partial charge in [-0.25, -0.2) is 8.42 Å². The Labute approximate surface area is 177 Å². The number of hydrogen-bond acceptors (Lipinski definition) is 5. The number of sulfonamides is 1. The SMILES string of the molecule is O=C(CCc1ccccc1Br)N1CCN(S(=O)(=O)c2cccc([N+](=O)[O-])c2)CC1. The van der Waals surface area contributed by atoms with Crippen LogP contribution in [0.2, 0.25) is 0 Å². The number of nitrogens with zero attached hydrogens (tertiary/aromatic N) is 3. The second-order valence-electron chi connectivity index (χ2n) is 6.63. The number of aryl methyl sites for hydroxylation is 1. The quantitative estimate of drug-likeness (QED) is 0.466. The number of nitro benzene ring substituents is 1. The molecular formula is C19H20BrN3O5S. The highest BCUT2D eigenvalue weighted by Gasteiger charge is 2.30. The van der Waals surface area contributed by atoms with Gasteiger partial charge in [-0.1, -0.05) is 40.2 Å². The Morgan fingerprint density at radius 2 is 1.76 bits per heavy atom. The van der Waals surface area contributed by atoms with E-state index in [4.69, 9.17) is 0 Å². The van der Waals surface area contributed by atoms with Crippen molar-refractivity contribution in [2.75, 3.05) is 26.2 Å². The van der Waals surface area contributed by atoms with Gasteiger partial charge in [0.05, 0.1) is 9.82 Å². The molecule has 0 saturated carbocycles. The van der Waals surface area contributed by atoms with Gasteiger partial charge in [0.1, 0.15) is 0 Å². The topological polar surface area (TPSA) is 101 Å². The highest BCUT2D eigenvalue weighted by atomic mass is 79.9. The zero-order valence-electron chi connectivity index (χ0n) is 15.5. The van der Waals surface area contributed by atoms with Crippen molar-refractivity contribution in [1.29, 1.82) is 0 Å². The predicted octanol–water partition coefficient (Wildman–Crippen LogP) is 2.82. The minimum absolute atomic E-state index is 0.0202. The van der Waals surface area contributed by atoms with E-state index in [1.165, 1.54) is 22.5 Å². The number of non-ortho nitro benzene ring substituents is 1. The van der Waals surface area contributed by atoms with E-state index in [2.05, 4.69) is 15.9 Å². The number of hydrogen-bond donors (Lipinski definition) is 0. The Morgan fingerprint density at radius 1 is 1.07 bits per heavy atom. The van der Waals surface area contributed by atoms with Crippen LogP contribution in [0, 0.1) is 10.1 Å². The summed E-state index contributed by atoms with van der Waals surface area (Å²) in [7, 11) is -3.84. The molecule has 0 atom stereocenters. The van der Waals surface area contributed by atoms with Crippen LogP contribution in [0.5, 0.6) is 0 Å². The zero-order chi connectivity index (χ0) is 21.0. The molecule has 0 N–H and O–H groups in total. The maximum atomic E-state index is 12.8. The lowest BCUT2D eigenvalue weighted by atomic mass is 10.1. The lowest BCUT2D eigenvalue weighted by Crippen LogP contribution is -2.50. The van der Waals surface area contributed by atoms with Crippen molar-refractivity contribution in [2.24, 2.45) is 0 Å². The van der Waals surface area contributed by atoms with E-state index in [1.807, 2.05) is 24.3 Å². The van der Waals surface area contributed by atoms with Crippen LogP contribution in [0.15, 0.2) is 57.9 Å². The molecule has 2 aromatic rings. The Hall–Kier alpha value is -2.30. The van der Waals surface area contributed by atoms with Crippen LogP contribution >= 0.6 is 15.9 Å². The largest absolute Gasteiger partial charge is 0.340 e. The van der Waals surface area contributed by atoms with Crippen molar-refractivity contribution >= 4 is 37.5 Å². The third-order valence-corrected chi connectivity index (χ3v) is 7.49. The molecule has 29 heavy (non-hydrogen) atoms. The predicted molar refractivity (Wildman–Crippen MR) is 111 cm³/mol. The molecule has 0 radical (unpaired) electrons. The Bertz CT molecular complexity index is 1020. The van der Waals surface area contributed by atoms with Crippen molar-refractivity contribution in [2.45, 2.75) is 17.7 Å². The summed E-state index contributed by atoms with van der Waals surface area (Å²) in [5.74, 6) is -0.0202. The number of carbonyl (C=O) groups excluding carboxylic acids is 1. The standard InChI is InChI=1S/C19H20BrN3O5S/c20-18-7-2-1-4-15(18)8-9-19(24)21-10-12-22(13-11-21)29(27,28)17-6-3-5-16(14-17)23(25)26/h1-7,14H,8-13H2. The van der Waals surface area contributed by atoms with Gasteiger partial charge in [-0.2, -0.15) is 4.31 Å². The summed E-state index contributed by atoms with van der Waals surface area (Å²) in [5.41, 5.74) is 0.777. The summed E-state index contributed by atoms with van der Waals surface area (Å²) in [6, 6.07) is 12.7. The van der Waals surface area contributed by atoms with Crippen molar-refractivity contribution in [1.82, 2.24) is 9.21 Å². The number of carbonyl (C=O) groups is 1. The number of nitro groups is 1. The van der Waals surface area contributed by atoms with Crippen LogP contribution in [0.1, 0.15) is 12.0 Å². The second kappa shape index (κ2) is 9.02. The maximum absolute atomic E-state index is 12.8. The molecule has 1 saturated heterocycles. The molecule has 0 bridgehead atoms. The molecule has 154 valence electrons. The molecule has 2 aromatic carbocycles. The molecule has 10 heteroatoms. The summed E-state index contributed by atoms with van der Waals surface area (Å²) < 4.78 is 27.8. The van der Waals surface area contributed by atoms with Gasteiger partial charge in [0.25, 0.3) is 5.69 Å². The van der Waals surface area contributed by atoms with Gasteiger partial charge in [0, 0.05) is 49.2 Å². The van der Waals surface area contributed by atoms with Crippen LogP contribution in [-0.2, 0) is 21.2 Å². The van der Waals surface area contributed by atoms with Crippen molar-refractivity contribution in [3.05, 3.63) is 68.7 Å². The lowest BCUT2D eigenvalue weighted by molar-refractivity contribution is -0.385. The number of halogens is 1. The van der Waals surface area contributed by atoms with Gasteiger partial charge < -0.3 is 4.90 Å². The normalized spacial score (nSPS) is 15.3. The van der Waals surface area contributed by atoms with Gasteiger partial charge in [-0.3, -0.25) is 14.9 Å². The van der Waals surface area contributed by atoms with Gasteiger partial charge in [-0.05, 0) is 24.1 Å². The molecule has 3 rings (SSSR count). The first kappa shape index (κ1) is 21.4. The monoisotopic (exact) mass is 481 g/mol. The van der Waals surface area contributed by atoms with Gasteiger partial charge in [-0.15, -0.1) is 0 Å². The second-order valence-corrected chi connectivity index (χ2v) is 9.42. The van der Waals surface area contributed by atoms with E-state index in [0.29, 0.717) is 25.9 Å². The van der Waals surface area contributed by atoms with Gasteiger partial charge in [0.2, 0.25) is 15.9 Å². The van der Waals surface area contributed by atoms with Crippen LogP contribution in [0.4, 0.5) is 5.69 Å². The molecular weight excluding hydrogens is 462 g/mol. The lowest BCUT2D eigenvalue weighted by Gasteiger charge is -2.34. The fourth-order valence-electron chi connectivity index (χ4n) is 3.19. The van der Waals surface area contributed by atoms with Crippen molar-refractivity contribution < 1.29 is 18.1 Å². The molecule has 1 aliphatic rings. The van der Waals surface area contributed by atoms with E-state index in [0.717, 1.165) is 16.1 Å². The van der Waals surface area contributed by atoms with E-state index < -0.39 is 14.9 Å². The minimum atomic E-state index is -3.84. The molecule has 1 amide bonds. The first-order valence-corrected chi connectivity index (χ1v) is 11.3. The molecule has 0 unspecified atom stereocenters. The Balaban J connectivity index is 1.59. The molecule has 0 spiro atoms. The highest BCUT2D eigenvalue weighted by Crippen LogP contribution is 2.22. The molecule has 8 nitrogen and oxygen atoms in total. The third-order valence-electron chi connectivity index (χ3n) is 4.82. The maximum Gasteiger partial charge on any atom is 0.270 e. The van der Waals surface area contributed by atoms with E-state index in [1.54, 1.807) is 4.90 Å². The summed E-state index contributed by atoms with van der Waals surface area (Å²) in [4.78, 5) is 24.3. The molecule has 1 aliphatic heterocycles. The highest BCUT2D eigenvalue weighted by molar-refractivity contribution is 9.10. The summed E-state index contributed by atoms with van der Waals surface area (Å²) >= 11 is 3.47.